The van der Waals surface area contributed by atoms with E-state index in [1.165, 1.54) is 11.1 Å². The third kappa shape index (κ3) is 5.48. The minimum Gasteiger partial charge on any atom is -0.508 e. The van der Waals surface area contributed by atoms with Crippen molar-refractivity contribution in [3.8, 4) is 0 Å². The molecule has 2 aromatic rings. The van der Waals surface area contributed by atoms with E-state index in [1.807, 2.05) is 50.2 Å². The summed E-state index contributed by atoms with van der Waals surface area (Å²) >= 11 is 0. The number of hydrogen-bond donors (Lipinski definition) is 2. The van der Waals surface area contributed by atoms with Gasteiger partial charge >= 0.3 is 6.09 Å². The van der Waals surface area contributed by atoms with Gasteiger partial charge in [-0.2, -0.15) is 0 Å². The van der Waals surface area contributed by atoms with E-state index >= 15 is 0 Å². The van der Waals surface area contributed by atoms with E-state index in [4.69, 9.17) is 4.74 Å². The topological polar surface area (TPSA) is 99.2 Å². The fourth-order valence-electron chi connectivity index (χ4n) is 4.73. The molecule has 1 unspecified atom stereocenters. The molecule has 1 saturated heterocycles. The molecule has 8 heteroatoms. The lowest BCUT2D eigenvalue weighted by molar-refractivity contribution is -0.134. The van der Waals surface area contributed by atoms with Gasteiger partial charge in [-0.25, -0.2) is 4.79 Å². The van der Waals surface area contributed by atoms with Gasteiger partial charge in [-0.15, -0.1) is 0 Å². The Hall–Kier alpha value is -3.81. The number of rotatable bonds is 7. The van der Waals surface area contributed by atoms with E-state index in [9.17, 15) is 19.5 Å². The van der Waals surface area contributed by atoms with Gasteiger partial charge in [-0.3, -0.25) is 9.59 Å². The lowest BCUT2D eigenvalue weighted by atomic mass is 10.0. The van der Waals surface area contributed by atoms with E-state index in [-0.39, 0.29) is 36.1 Å². The molecule has 1 fully saturated rings. The quantitative estimate of drug-likeness (QED) is 0.631. The molecule has 0 bridgehead atoms. The van der Waals surface area contributed by atoms with Crippen LogP contribution in [0.2, 0.25) is 0 Å². The third-order valence-electron chi connectivity index (χ3n) is 6.35. The Kier molecular flexibility index (Phi) is 7.39. The molecule has 2 N–H and O–H groups in total. The van der Waals surface area contributed by atoms with Crippen LogP contribution in [0.15, 0.2) is 72.6 Å². The van der Waals surface area contributed by atoms with Crippen LogP contribution in [-0.4, -0.2) is 57.5 Å². The van der Waals surface area contributed by atoms with Crippen LogP contribution in [-0.2, 0) is 16.1 Å². The molecule has 184 valence electrons. The van der Waals surface area contributed by atoms with Gasteiger partial charge in [-0.05, 0) is 36.5 Å². The van der Waals surface area contributed by atoms with Crippen molar-refractivity contribution in [2.75, 3.05) is 6.54 Å². The van der Waals surface area contributed by atoms with E-state index in [0.29, 0.717) is 24.9 Å². The van der Waals surface area contributed by atoms with Gasteiger partial charge in [0, 0.05) is 18.3 Å². The molecule has 3 amide bonds. The summed E-state index contributed by atoms with van der Waals surface area (Å²) in [5, 5.41) is 13.4. The van der Waals surface area contributed by atoms with Crippen LogP contribution in [0.25, 0.3) is 0 Å². The summed E-state index contributed by atoms with van der Waals surface area (Å²) in [4.78, 5) is 42.1. The highest BCUT2D eigenvalue weighted by Crippen LogP contribution is 2.35. The highest BCUT2D eigenvalue weighted by atomic mass is 16.5. The van der Waals surface area contributed by atoms with Gasteiger partial charge in [0.2, 0.25) is 5.91 Å². The summed E-state index contributed by atoms with van der Waals surface area (Å²) in [6.07, 6.45) is 1.70. The minimum atomic E-state index is -0.802. The number of amides is 3. The summed E-state index contributed by atoms with van der Waals surface area (Å²) in [5.74, 6) is -0.405. The standard InChI is InChI=1S/C27H31N3O5/c1-18(2)15-21(28-27(34)35-17-19-9-5-3-6-10-19)26(33)29-14-13-22-24(29)23(31)16-30(22)25(32)20-11-7-4-8-12-20/h3-12,16,18,21-22,24,31H,13-15,17H2,1-2H3,(H,28,34)/t21-,22?,24-/m0/s1. The molecular weight excluding hydrogens is 446 g/mol. The number of ether oxygens (including phenoxy) is 1. The van der Waals surface area contributed by atoms with Crippen LogP contribution in [0.1, 0.15) is 42.6 Å². The number of aliphatic hydroxyl groups is 1. The van der Waals surface area contributed by atoms with Crippen molar-refractivity contribution in [2.45, 2.75) is 51.4 Å². The smallest absolute Gasteiger partial charge is 0.408 e. The van der Waals surface area contributed by atoms with Gasteiger partial charge in [-0.1, -0.05) is 62.4 Å². The number of likely N-dealkylation sites (tertiary alicyclic amines) is 1. The number of nitrogens with one attached hydrogen (secondary N) is 1. The molecule has 2 aliphatic heterocycles. The number of carbonyl (C=O) groups excluding carboxylic acids is 3. The second-order valence-electron chi connectivity index (χ2n) is 9.35. The Morgan fingerprint density at radius 3 is 2.37 bits per heavy atom. The maximum Gasteiger partial charge on any atom is 0.408 e. The fourth-order valence-corrected chi connectivity index (χ4v) is 4.73. The second kappa shape index (κ2) is 10.6. The Morgan fingerprint density at radius 2 is 1.71 bits per heavy atom. The first kappa shape index (κ1) is 24.3. The fraction of sp³-hybridized carbons (Fsp3) is 0.370. The molecule has 0 saturated carbocycles. The molecule has 2 aromatic carbocycles. The van der Waals surface area contributed by atoms with Crippen LogP contribution in [0, 0.1) is 5.92 Å². The van der Waals surface area contributed by atoms with Gasteiger partial charge in [0.15, 0.2) is 0 Å². The molecule has 8 nitrogen and oxygen atoms in total. The molecule has 0 aromatic heterocycles. The zero-order valence-electron chi connectivity index (χ0n) is 20.0. The number of fused-ring (bicyclic) bond motifs is 1. The van der Waals surface area contributed by atoms with Crippen molar-refractivity contribution in [2.24, 2.45) is 5.92 Å². The zero-order chi connectivity index (χ0) is 24.9. The number of nitrogens with zero attached hydrogens (tertiary/aromatic N) is 2. The molecule has 0 radical (unpaired) electrons. The first-order valence-electron chi connectivity index (χ1n) is 11.9. The molecule has 35 heavy (non-hydrogen) atoms. The Bertz CT molecular complexity index is 1090. The SMILES string of the molecule is CC(C)C[C@H](NC(=O)OCc1ccccc1)C(=O)N1CCC2[C@H]1C(O)=CN2C(=O)c1ccccc1. The van der Waals surface area contributed by atoms with Gasteiger partial charge < -0.3 is 25.0 Å². The monoisotopic (exact) mass is 477 g/mol. The van der Waals surface area contributed by atoms with Crippen LogP contribution in [0.5, 0.6) is 0 Å². The van der Waals surface area contributed by atoms with E-state index in [0.717, 1.165) is 5.56 Å². The Labute approximate surface area is 205 Å². The average molecular weight is 478 g/mol. The van der Waals surface area contributed by atoms with Crippen LogP contribution < -0.4 is 5.32 Å². The number of aliphatic hydroxyl groups excluding tert-OH is 1. The number of alkyl carbamates (subject to hydrolysis) is 1. The highest BCUT2D eigenvalue weighted by Gasteiger charge is 2.49. The lowest BCUT2D eigenvalue weighted by Gasteiger charge is -2.30. The molecule has 0 spiro atoms. The summed E-state index contributed by atoms with van der Waals surface area (Å²) in [6.45, 7) is 4.41. The normalized spacial score (nSPS) is 19.8. The van der Waals surface area contributed by atoms with Crippen LogP contribution >= 0.6 is 0 Å². The molecule has 2 aliphatic rings. The first-order valence-corrected chi connectivity index (χ1v) is 11.9. The van der Waals surface area contributed by atoms with Crippen molar-refractivity contribution in [3.63, 3.8) is 0 Å². The molecular formula is C27H31N3O5. The van der Waals surface area contributed by atoms with Gasteiger partial charge in [0.05, 0.1) is 6.04 Å². The van der Waals surface area contributed by atoms with E-state index in [1.54, 1.807) is 29.2 Å². The molecule has 2 heterocycles. The predicted octanol–water partition coefficient (Wildman–Crippen LogP) is 3.85. The van der Waals surface area contributed by atoms with Crippen molar-refractivity contribution in [3.05, 3.63) is 83.7 Å². The summed E-state index contributed by atoms with van der Waals surface area (Å²) in [7, 11) is 0. The average Bonchev–Trinajstić information content (AvgIpc) is 3.44. The van der Waals surface area contributed by atoms with Crippen LogP contribution in [0.3, 0.4) is 0 Å². The summed E-state index contributed by atoms with van der Waals surface area (Å²) in [6, 6.07) is 16.4. The van der Waals surface area contributed by atoms with Crippen LogP contribution in [0.4, 0.5) is 4.79 Å². The highest BCUT2D eigenvalue weighted by molar-refractivity contribution is 5.96. The van der Waals surface area contributed by atoms with E-state index in [2.05, 4.69) is 5.32 Å². The first-order chi connectivity index (χ1) is 16.8. The van der Waals surface area contributed by atoms with Gasteiger partial charge in [0.1, 0.15) is 24.4 Å². The second-order valence-corrected chi connectivity index (χ2v) is 9.35. The van der Waals surface area contributed by atoms with Crippen molar-refractivity contribution >= 4 is 17.9 Å². The van der Waals surface area contributed by atoms with Crippen molar-refractivity contribution in [1.29, 1.82) is 0 Å². The largest absolute Gasteiger partial charge is 0.508 e. The third-order valence-corrected chi connectivity index (χ3v) is 6.35. The van der Waals surface area contributed by atoms with Gasteiger partial charge in [0.25, 0.3) is 5.91 Å². The van der Waals surface area contributed by atoms with E-state index < -0.39 is 18.2 Å². The van der Waals surface area contributed by atoms with Crippen molar-refractivity contribution in [1.82, 2.24) is 15.1 Å². The zero-order valence-corrected chi connectivity index (χ0v) is 20.0. The molecule has 3 atom stereocenters. The minimum absolute atomic E-state index is 0.0277. The maximum absolute atomic E-state index is 13.5. The number of carbonyl (C=O) groups is 3. The summed E-state index contributed by atoms with van der Waals surface area (Å²) < 4.78 is 5.32. The molecule has 4 rings (SSSR count). The Balaban J connectivity index is 1.44. The molecule has 0 aliphatic carbocycles. The summed E-state index contributed by atoms with van der Waals surface area (Å²) in [5.41, 5.74) is 1.36. The predicted molar refractivity (Wildman–Crippen MR) is 130 cm³/mol. The Morgan fingerprint density at radius 1 is 1.06 bits per heavy atom. The van der Waals surface area contributed by atoms with Crippen molar-refractivity contribution < 1.29 is 24.2 Å². The number of benzene rings is 2. The lowest BCUT2D eigenvalue weighted by Crippen LogP contribution is -2.52. The maximum atomic E-state index is 13.5. The number of hydrogen-bond acceptors (Lipinski definition) is 5.